The van der Waals surface area contributed by atoms with E-state index in [1.54, 1.807) is 13.0 Å². The third-order valence-electron chi connectivity index (χ3n) is 4.06. The van der Waals surface area contributed by atoms with Crippen molar-refractivity contribution < 1.29 is 9.84 Å². The maximum absolute atomic E-state index is 10.7. The molecule has 1 atom stereocenters. The minimum Gasteiger partial charge on any atom is -0.384 e. The number of anilines is 2. The molecule has 1 aromatic carbocycles. The standard InChI is InChI=1S/C17H21ClN4O2/c1-17(23,13-4-2-3-5-14(13)18)11-19-15-10-16(21-12-20-15)22-6-8-24-9-7-22/h2-5,10,12,23H,6-9,11H2,1H3,(H,19,20,21)/t17-/m1/s1. The van der Waals surface area contributed by atoms with Crippen molar-refractivity contribution in [3.05, 3.63) is 47.2 Å². The fourth-order valence-corrected chi connectivity index (χ4v) is 3.00. The minimum atomic E-state index is -1.11. The van der Waals surface area contributed by atoms with E-state index in [1.165, 1.54) is 6.33 Å². The second-order valence-electron chi connectivity index (χ2n) is 5.97. The number of rotatable bonds is 5. The Balaban J connectivity index is 1.69. The van der Waals surface area contributed by atoms with E-state index in [1.807, 2.05) is 24.3 Å². The topological polar surface area (TPSA) is 70.5 Å². The Morgan fingerprint density at radius 3 is 2.79 bits per heavy atom. The fraction of sp³-hybridized carbons (Fsp3) is 0.412. The number of halogens is 1. The van der Waals surface area contributed by atoms with E-state index < -0.39 is 5.60 Å². The zero-order valence-corrected chi connectivity index (χ0v) is 14.3. The first-order valence-electron chi connectivity index (χ1n) is 7.92. The number of nitrogens with one attached hydrogen (secondary N) is 1. The third-order valence-corrected chi connectivity index (χ3v) is 4.39. The van der Waals surface area contributed by atoms with Gasteiger partial charge in [-0.15, -0.1) is 0 Å². The lowest BCUT2D eigenvalue weighted by Crippen LogP contribution is -2.37. The van der Waals surface area contributed by atoms with Crippen LogP contribution in [0.1, 0.15) is 12.5 Å². The second-order valence-corrected chi connectivity index (χ2v) is 6.38. The van der Waals surface area contributed by atoms with E-state index in [-0.39, 0.29) is 6.54 Å². The first kappa shape index (κ1) is 17.0. The van der Waals surface area contributed by atoms with Gasteiger partial charge >= 0.3 is 0 Å². The molecular formula is C17H21ClN4O2. The largest absolute Gasteiger partial charge is 0.384 e. The van der Waals surface area contributed by atoms with Gasteiger partial charge in [0, 0.05) is 36.3 Å². The Morgan fingerprint density at radius 2 is 2.04 bits per heavy atom. The molecule has 24 heavy (non-hydrogen) atoms. The van der Waals surface area contributed by atoms with Crippen LogP contribution in [0.15, 0.2) is 36.7 Å². The number of hydrogen-bond donors (Lipinski definition) is 2. The maximum atomic E-state index is 10.7. The Labute approximate surface area is 146 Å². The Bertz CT molecular complexity index is 690. The second kappa shape index (κ2) is 7.34. The van der Waals surface area contributed by atoms with E-state index in [4.69, 9.17) is 16.3 Å². The Kier molecular flexibility index (Phi) is 5.18. The van der Waals surface area contributed by atoms with Crippen molar-refractivity contribution in [2.75, 3.05) is 43.1 Å². The Morgan fingerprint density at radius 1 is 1.29 bits per heavy atom. The average molecular weight is 349 g/mol. The zero-order chi connectivity index (χ0) is 17.0. The van der Waals surface area contributed by atoms with Gasteiger partial charge in [-0.3, -0.25) is 0 Å². The number of hydrogen-bond acceptors (Lipinski definition) is 6. The van der Waals surface area contributed by atoms with Crippen molar-refractivity contribution in [2.24, 2.45) is 0 Å². The molecule has 0 saturated carbocycles. The molecule has 7 heteroatoms. The van der Waals surface area contributed by atoms with E-state index in [0.29, 0.717) is 29.6 Å². The summed E-state index contributed by atoms with van der Waals surface area (Å²) in [5, 5.41) is 14.4. The highest BCUT2D eigenvalue weighted by Crippen LogP contribution is 2.28. The molecule has 0 bridgehead atoms. The summed E-state index contributed by atoms with van der Waals surface area (Å²) in [6.45, 7) is 5.05. The zero-order valence-electron chi connectivity index (χ0n) is 13.6. The van der Waals surface area contributed by atoms with Crippen molar-refractivity contribution in [1.29, 1.82) is 0 Å². The quantitative estimate of drug-likeness (QED) is 0.864. The normalized spacial score (nSPS) is 17.4. The van der Waals surface area contributed by atoms with Gasteiger partial charge in [-0.2, -0.15) is 0 Å². The highest BCUT2D eigenvalue weighted by Gasteiger charge is 2.25. The van der Waals surface area contributed by atoms with E-state index in [9.17, 15) is 5.11 Å². The predicted octanol–water partition coefficient (Wildman–Crippen LogP) is 2.29. The maximum Gasteiger partial charge on any atom is 0.134 e. The molecular weight excluding hydrogens is 328 g/mol. The average Bonchev–Trinajstić information content (AvgIpc) is 2.61. The summed E-state index contributed by atoms with van der Waals surface area (Å²) in [4.78, 5) is 10.7. The van der Waals surface area contributed by atoms with Gasteiger partial charge in [-0.1, -0.05) is 29.8 Å². The van der Waals surface area contributed by atoms with E-state index in [0.717, 1.165) is 18.9 Å². The van der Waals surface area contributed by atoms with Crippen molar-refractivity contribution in [1.82, 2.24) is 9.97 Å². The molecule has 2 heterocycles. The highest BCUT2D eigenvalue weighted by molar-refractivity contribution is 6.31. The summed E-state index contributed by atoms with van der Waals surface area (Å²) in [6, 6.07) is 9.18. The van der Waals surface area contributed by atoms with Crippen LogP contribution in [-0.4, -0.2) is 47.9 Å². The molecule has 0 radical (unpaired) electrons. The number of aromatic nitrogens is 2. The fourth-order valence-electron chi connectivity index (χ4n) is 2.66. The van der Waals surface area contributed by atoms with Gasteiger partial charge < -0.3 is 20.1 Å². The molecule has 1 aromatic heterocycles. The number of aliphatic hydroxyl groups is 1. The van der Waals surface area contributed by atoms with Crippen molar-refractivity contribution in [3.8, 4) is 0 Å². The molecule has 1 aliphatic rings. The molecule has 0 spiro atoms. The van der Waals surface area contributed by atoms with Gasteiger partial charge in [-0.25, -0.2) is 9.97 Å². The monoisotopic (exact) mass is 348 g/mol. The number of nitrogens with zero attached hydrogens (tertiary/aromatic N) is 3. The van der Waals surface area contributed by atoms with Gasteiger partial charge in [0.2, 0.25) is 0 Å². The molecule has 1 fully saturated rings. The molecule has 2 N–H and O–H groups in total. The van der Waals surface area contributed by atoms with Gasteiger partial charge in [-0.05, 0) is 13.0 Å². The summed E-state index contributed by atoms with van der Waals surface area (Å²) in [6.07, 6.45) is 1.53. The lowest BCUT2D eigenvalue weighted by molar-refractivity contribution is 0.0715. The van der Waals surface area contributed by atoms with Crippen LogP contribution in [0.5, 0.6) is 0 Å². The van der Waals surface area contributed by atoms with Crippen molar-refractivity contribution >= 4 is 23.2 Å². The smallest absolute Gasteiger partial charge is 0.134 e. The summed E-state index contributed by atoms with van der Waals surface area (Å²) < 4.78 is 5.36. The molecule has 128 valence electrons. The SMILES string of the molecule is C[C@@](O)(CNc1cc(N2CCOCC2)ncn1)c1ccccc1Cl. The van der Waals surface area contributed by atoms with Crippen LogP contribution in [0, 0.1) is 0 Å². The van der Waals surface area contributed by atoms with Gasteiger partial charge in [0.05, 0.1) is 13.2 Å². The van der Waals surface area contributed by atoms with E-state index >= 15 is 0 Å². The third kappa shape index (κ3) is 3.95. The summed E-state index contributed by atoms with van der Waals surface area (Å²) in [5.74, 6) is 1.52. The van der Waals surface area contributed by atoms with Crippen LogP contribution in [-0.2, 0) is 10.3 Å². The lowest BCUT2D eigenvalue weighted by Gasteiger charge is -2.28. The van der Waals surface area contributed by atoms with E-state index in [2.05, 4.69) is 20.2 Å². The molecule has 2 aromatic rings. The van der Waals surface area contributed by atoms with Crippen LogP contribution >= 0.6 is 11.6 Å². The van der Waals surface area contributed by atoms with Crippen molar-refractivity contribution in [2.45, 2.75) is 12.5 Å². The van der Waals surface area contributed by atoms with Crippen LogP contribution in [0.2, 0.25) is 5.02 Å². The van der Waals surface area contributed by atoms with Crippen LogP contribution in [0.25, 0.3) is 0 Å². The summed E-state index contributed by atoms with van der Waals surface area (Å²) >= 11 is 6.19. The number of morpholine rings is 1. The van der Waals surface area contributed by atoms with Crippen LogP contribution < -0.4 is 10.2 Å². The Hall–Kier alpha value is -1.89. The summed E-state index contributed by atoms with van der Waals surface area (Å²) in [5.41, 5.74) is -0.427. The first-order valence-corrected chi connectivity index (χ1v) is 8.30. The minimum absolute atomic E-state index is 0.288. The van der Waals surface area contributed by atoms with Crippen LogP contribution in [0.4, 0.5) is 11.6 Å². The molecule has 1 aliphatic heterocycles. The molecule has 1 saturated heterocycles. The molecule has 0 amide bonds. The lowest BCUT2D eigenvalue weighted by atomic mass is 9.96. The predicted molar refractivity (Wildman–Crippen MR) is 94.6 cm³/mol. The van der Waals surface area contributed by atoms with Crippen molar-refractivity contribution in [3.63, 3.8) is 0 Å². The molecule has 6 nitrogen and oxygen atoms in total. The number of benzene rings is 1. The highest BCUT2D eigenvalue weighted by atomic mass is 35.5. The summed E-state index contributed by atoms with van der Waals surface area (Å²) in [7, 11) is 0. The molecule has 0 aliphatic carbocycles. The van der Waals surface area contributed by atoms with Crippen LogP contribution in [0.3, 0.4) is 0 Å². The van der Waals surface area contributed by atoms with Gasteiger partial charge in [0.1, 0.15) is 23.6 Å². The molecule has 0 unspecified atom stereocenters. The van der Waals surface area contributed by atoms with Gasteiger partial charge in [0.15, 0.2) is 0 Å². The first-order chi connectivity index (χ1) is 11.6. The molecule has 3 rings (SSSR count). The van der Waals surface area contributed by atoms with Gasteiger partial charge in [0.25, 0.3) is 0 Å². The number of ether oxygens (including phenoxy) is 1.